The van der Waals surface area contributed by atoms with Crippen LogP contribution in [0.4, 0.5) is 4.79 Å². The number of urea groups is 1. The number of carboxylic acids is 1. The van der Waals surface area contributed by atoms with Gasteiger partial charge < -0.3 is 15.3 Å². The maximum absolute atomic E-state index is 12.1. The van der Waals surface area contributed by atoms with Gasteiger partial charge in [-0.3, -0.25) is 0 Å². The molecular formula is C16H24N2O3. The van der Waals surface area contributed by atoms with Gasteiger partial charge in [0.25, 0.3) is 0 Å². The van der Waals surface area contributed by atoms with Gasteiger partial charge in [0, 0.05) is 19.6 Å². The topological polar surface area (TPSA) is 69.6 Å². The second-order valence-electron chi connectivity index (χ2n) is 5.50. The summed E-state index contributed by atoms with van der Waals surface area (Å²) in [5, 5.41) is 11.7. The fraction of sp³-hybridized carbons (Fsp3) is 0.500. The molecule has 2 N–H and O–H groups in total. The van der Waals surface area contributed by atoms with E-state index in [1.54, 1.807) is 24.3 Å². The van der Waals surface area contributed by atoms with Gasteiger partial charge in [0.15, 0.2) is 0 Å². The predicted octanol–water partition coefficient (Wildman–Crippen LogP) is 2.96. The number of carbonyl (C=O) groups is 2. The molecule has 1 rings (SSSR count). The monoisotopic (exact) mass is 292 g/mol. The Hall–Kier alpha value is -2.04. The maximum Gasteiger partial charge on any atom is 0.335 e. The highest BCUT2D eigenvalue weighted by Gasteiger charge is 2.13. The molecule has 0 aliphatic rings. The molecule has 0 aliphatic heterocycles. The molecule has 2 amide bonds. The van der Waals surface area contributed by atoms with Crippen LogP contribution in [-0.2, 0) is 6.54 Å². The van der Waals surface area contributed by atoms with E-state index in [1.165, 1.54) is 0 Å². The number of hydrogen-bond donors (Lipinski definition) is 2. The largest absolute Gasteiger partial charge is 0.478 e. The van der Waals surface area contributed by atoms with Gasteiger partial charge in [-0.2, -0.15) is 0 Å². The molecule has 0 heterocycles. The number of aromatic carboxylic acids is 1. The molecule has 1 aromatic rings. The number of hydrogen-bond acceptors (Lipinski definition) is 2. The first-order valence-corrected chi connectivity index (χ1v) is 7.29. The Labute approximate surface area is 126 Å². The summed E-state index contributed by atoms with van der Waals surface area (Å²) >= 11 is 0. The predicted molar refractivity (Wildman–Crippen MR) is 82.3 cm³/mol. The first-order chi connectivity index (χ1) is 9.93. The first kappa shape index (κ1) is 17.0. The SMILES string of the molecule is CCCN(CC(C)C)C(=O)NCc1ccc(C(=O)O)cc1. The van der Waals surface area contributed by atoms with E-state index < -0.39 is 5.97 Å². The number of benzene rings is 1. The molecule has 0 saturated heterocycles. The number of carbonyl (C=O) groups excluding carboxylic acids is 1. The van der Waals surface area contributed by atoms with Gasteiger partial charge >= 0.3 is 12.0 Å². The molecule has 0 aliphatic carbocycles. The lowest BCUT2D eigenvalue weighted by Crippen LogP contribution is -2.42. The highest BCUT2D eigenvalue weighted by molar-refractivity contribution is 5.87. The zero-order valence-corrected chi connectivity index (χ0v) is 12.9. The summed E-state index contributed by atoms with van der Waals surface area (Å²) in [6.07, 6.45) is 0.924. The number of nitrogens with one attached hydrogen (secondary N) is 1. The molecule has 116 valence electrons. The molecular weight excluding hydrogens is 268 g/mol. The van der Waals surface area contributed by atoms with Gasteiger partial charge in [-0.15, -0.1) is 0 Å². The van der Waals surface area contributed by atoms with Gasteiger partial charge in [0.2, 0.25) is 0 Å². The van der Waals surface area contributed by atoms with E-state index in [-0.39, 0.29) is 11.6 Å². The molecule has 0 bridgehead atoms. The third-order valence-corrected chi connectivity index (χ3v) is 3.01. The smallest absolute Gasteiger partial charge is 0.335 e. The van der Waals surface area contributed by atoms with E-state index in [1.807, 2.05) is 11.8 Å². The number of rotatable bonds is 7. The van der Waals surface area contributed by atoms with Crippen LogP contribution in [0, 0.1) is 5.92 Å². The minimum Gasteiger partial charge on any atom is -0.478 e. The minimum atomic E-state index is -0.948. The van der Waals surface area contributed by atoms with Crippen molar-refractivity contribution >= 4 is 12.0 Å². The third kappa shape index (κ3) is 5.85. The summed E-state index contributed by atoms with van der Waals surface area (Å²) in [4.78, 5) is 24.7. The van der Waals surface area contributed by atoms with Gasteiger partial charge in [-0.1, -0.05) is 32.9 Å². The molecule has 0 atom stereocenters. The van der Waals surface area contributed by atoms with Gasteiger partial charge in [0.1, 0.15) is 0 Å². The van der Waals surface area contributed by atoms with Crippen molar-refractivity contribution in [3.8, 4) is 0 Å². The van der Waals surface area contributed by atoms with Crippen LogP contribution in [0.5, 0.6) is 0 Å². The normalized spacial score (nSPS) is 10.5. The summed E-state index contributed by atoms with van der Waals surface area (Å²) in [6, 6.07) is 6.45. The molecule has 0 spiro atoms. The van der Waals surface area contributed by atoms with Crippen molar-refractivity contribution in [2.45, 2.75) is 33.7 Å². The lowest BCUT2D eigenvalue weighted by Gasteiger charge is -2.24. The molecule has 0 saturated carbocycles. The fourth-order valence-electron chi connectivity index (χ4n) is 2.04. The van der Waals surface area contributed by atoms with E-state index in [4.69, 9.17) is 5.11 Å². The summed E-state index contributed by atoms with van der Waals surface area (Å²) in [5.74, 6) is -0.520. The number of nitrogens with zero attached hydrogens (tertiary/aromatic N) is 1. The van der Waals surface area contributed by atoms with Crippen LogP contribution < -0.4 is 5.32 Å². The molecule has 0 fully saturated rings. The molecule has 5 heteroatoms. The van der Waals surface area contributed by atoms with Crippen LogP contribution in [0.25, 0.3) is 0 Å². The average molecular weight is 292 g/mol. The molecule has 0 aromatic heterocycles. The Balaban J connectivity index is 2.55. The number of carboxylic acid groups (broad SMARTS) is 1. The van der Waals surface area contributed by atoms with Gasteiger partial charge in [0.05, 0.1) is 5.56 Å². The van der Waals surface area contributed by atoms with Crippen molar-refractivity contribution in [2.75, 3.05) is 13.1 Å². The Morgan fingerprint density at radius 2 is 1.86 bits per heavy atom. The average Bonchev–Trinajstić information content (AvgIpc) is 2.44. The van der Waals surface area contributed by atoms with Crippen LogP contribution >= 0.6 is 0 Å². The summed E-state index contributed by atoms with van der Waals surface area (Å²) in [6.45, 7) is 8.09. The quantitative estimate of drug-likeness (QED) is 0.811. The highest BCUT2D eigenvalue weighted by atomic mass is 16.4. The lowest BCUT2D eigenvalue weighted by atomic mass is 10.1. The highest BCUT2D eigenvalue weighted by Crippen LogP contribution is 2.05. The molecule has 21 heavy (non-hydrogen) atoms. The molecule has 1 aromatic carbocycles. The summed E-state index contributed by atoms with van der Waals surface area (Å²) in [5.41, 5.74) is 1.13. The van der Waals surface area contributed by atoms with Crippen molar-refractivity contribution in [3.05, 3.63) is 35.4 Å². The number of amides is 2. The minimum absolute atomic E-state index is 0.0761. The van der Waals surface area contributed by atoms with Crippen molar-refractivity contribution in [3.63, 3.8) is 0 Å². The van der Waals surface area contributed by atoms with E-state index in [0.29, 0.717) is 12.5 Å². The van der Waals surface area contributed by atoms with Crippen LogP contribution in [0.2, 0.25) is 0 Å². The Morgan fingerprint density at radius 3 is 2.33 bits per heavy atom. The van der Waals surface area contributed by atoms with E-state index >= 15 is 0 Å². The Morgan fingerprint density at radius 1 is 1.24 bits per heavy atom. The second kappa shape index (κ2) is 8.29. The molecule has 5 nitrogen and oxygen atoms in total. The lowest BCUT2D eigenvalue weighted by molar-refractivity contribution is 0.0697. The zero-order valence-electron chi connectivity index (χ0n) is 12.9. The first-order valence-electron chi connectivity index (χ1n) is 7.29. The second-order valence-corrected chi connectivity index (χ2v) is 5.50. The Bertz CT molecular complexity index is 469. The Kier molecular flexibility index (Phi) is 6.72. The van der Waals surface area contributed by atoms with Crippen molar-refractivity contribution < 1.29 is 14.7 Å². The zero-order chi connectivity index (χ0) is 15.8. The van der Waals surface area contributed by atoms with Gasteiger partial charge in [-0.25, -0.2) is 9.59 Å². The van der Waals surface area contributed by atoms with E-state index in [9.17, 15) is 9.59 Å². The van der Waals surface area contributed by atoms with Crippen molar-refractivity contribution in [1.82, 2.24) is 10.2 Å². The molecule has 0 unspecified atom stereocenters. The van der Waals surface area contributed by atoms with Gasteiger partial charge in [-0.05, 0) is 30.0 Å². The van der Waals surface area contributed by atoms with Crippen LogP contribution in [0.3, 0.4) is 0 Å². The van der Waals surface area contributed by atoms with Crippen LogP contribution in [-0.4, -0.2) is 35.1 Å². The van der Waals surface area contributed by atoms with E-state index in [2.05, 4.69) is 19.2 Å². The fourth-order valence-corrected chi connectivity index (χ4v) is 2.04. The van der Waals surface area contributed by atoms with Crippen molar-refractivity contribution in [2.24, 2.45) is 5.92 Å². The van der Waals surface area contributed by atoms with Crippen LogP contribution in [0.1, 0.15) is 43.1 Å². The van der Waals surface area contributed by atoms with E-state index in [0.717, 1.165) is 25.1 Å². The van der Waals surface area contributed by atoms with Crippen molar-refractivity contribution in [1.29, 1.82) is 0 Å². The van der Waals surface area contributed by atoms with Crippen LogP contribution in [0.15, 0.2) is 24.3 Å². The third-order valence-electron chi connectivity index (χ3n) is 3.01. The molecule has 0 radical (unpaired) electrons. The summed E-state index contributed by atoms with van der Waals surface area (Å²) < 4.78 is 0. The maximum atomic E-state index is 12.1. The standard InChI is InChI=1S/C16H24N2O3/c1-4-9-18(11-12(2)3)16(21)17-10-13-5-7-14(8-6-13)15(19)20/h5-8,12H,4,9-11H2,1-3H3,(H,17,21)(H,19,20). The summed E-state index contributed by atoms with van der Waals surface area (Å²) in [7, 11) is 0.